The van der Waals surface area contributed by atoms with Crippen molar-refractivity contribution in [2.75, 3.05) is 0 Å². The van der Waals surface area contributed by atoms with Gasteiger partial charge in [0.2, 0.25) is 0 Å². The first-order valence-electron chi connectivity index (χ1n) is 10.2. The van der Waals surface area contributed by atoms with Gasteiger partial charge in [-0.15, -0.1) is 0 Å². The second-order valence-electron chi connectivity index (χ2n) is 10.4. The van der Waals surface area contributed by atoms with Crippen molar-refractivity contribution >= 4 is 5.57 Å². The van der Waals surface area contributed by atoms with E-state index in [-0.39, 0.29) is 5.41 Å². The summed E-state index contributed by atoms with van der Waals surface area (Å²) in [6, 6.07) is 8.65. The van der Waals surface area contributed by atoms with Gasteiger partial charge in [0.1, 0.15) is 0 Å². The molecule has 26 heavy (non-hydrogen) atoms. The normalized spacial score (nSPS) is 20.8. The van der Waals surface area contributed by atoms with Gasteiger partial charge in [0.05, 0.1) is 0 Å². The second-order valence-corrected chi connectivity index (χ2v) is 10.4. The van der Waals surface area contributed by atoms with Gasteiger partial charge < -0.3 is 0 Å². The van der Waals surface area contributed by atoms with Gasteiger partial charge in [-0.1, -0.05) is 90.1 Å². The van der Waals surface area contributed by atoms with E-state index in [9.17, 15) is 0 Å². The third kappa shape index (κ3) is 7.14. The molecule has 1 aliphatic rings. The molecule has 0 nitrogen and oxygen atoms in total. The van der Waals surface area contributed by atoms with Crippen LogP contribution in [0, 0.1) is 17.3 Å². The van der Waals surface area contributed by atoms with Crippen LogP contribution in [-0.2, 0) is 5.41 Å². The van der Waals surface area contributed by atoms with E-state index in [0.29, 0.717) is 5.41 Å². The molecule has 0 spiro atoms. The highest BCUT2D eigenvalue weighted by molar-refractivity contribution is 5.61. The second kappa shape index (κ2) is 9.07. The van der Waals surface area contributed by atoms with Crippen LogP contribution in [0.1, 0.15) is 92.2 Å². The number of benzene rings is 1. The molecular weight excluding hydrogens is 312 g/mol. The Balaban J connectivity index is 0.000000260. The number of hydrogen-bond acceptors (Lipinski definition) is 0. The predicted molar refractivity (Wildman–Crippen MR) is 120 cm³/mol. The summed E-state index contributed by atoms with van der Waals surface area (Å²) < 4.78 is 0. The third-order valence-corrected chi connectivity index (χ3v) is 5.89. The molecule has 0 radical (unpaired) electrons. The zero-order valence-electron chi connectivity index (χ0n) is 18.7. The summed E-state index contributed by atoms with van der Waals surface area (Å²) in [6.45, 7) is 26.0. The number of allylic oxidation sites excluding steroid dienone is 2. The lowest BCUT2D eigenvalue weighted by molar-refractivity contribution is 0.160. The average molecular weight is 355 g/mol. The lowest BCUT2D eigenvalue weighted by Gasteiger charge is -2.37. The number of rotatable bonds is 2. The minimum Gasteiger partial charge on any atom is -0.0999 e. The van der Waals surface area contributed by atoms with E-state index < -0.39 is 0 Å². The summed E-state index contributed by atoms with van der Waals surface area (Å²) >= 11 is 0. The zero-order chi connectivity index (χ0) is 20.1. The van der Waals surface area contributed by atoms with Gasteiger partial charge in [-0.25, -0.2) is 0 Å². The standard InChI is InChI=1S/C13H24.C13H18/c2*1-10(2)11-6-8-12(9-7-11)13(3,4)5/h11-12H,1,6-9H2,2-5H3;6-9H,1H2,2-5H3. The van der Waals surface area contributed by atoms with Crippen molar-refractivity contribution in [3.8, 4) is 0 Å². The molecule has 1 aliphatic carbocycles. The zero-order valence-corrected chi connectivity index (χ0v) is 18.7. The smallest absolute Gasteiger partial charge is 0.0132 e. The van der Waals surface area contributed by atoms with Crippen molar-refractivity contribution in [2.45, 2.75) is 86.5 Å². The van der Waals surface area contributed by atoms with Crippen molar-refractivity contribution in [1.29, 1.82) is 0 Å². The molecule has 2 rings (SSSR count). The Morgan fingerprint density at radius 2 is 1.27 bits per heavy atom. The molecule has 146 valence electrons. The largest absolute Gasteiger partial charge is 0.0999 e. The molecule has 0 atom stereocenters. The van der Waals surface area contributed by atoms with Gasteiger partial charge in [-0.3, -0.25) is 0 Å². The summed E-state index contributed by atoms with van der Waals surface area (Å²) in [5.41, 5.74) is 5.88. The fraction of sp³-hybridized carbons (Fsp3) is 0.615. The van der Waals surface area contributed by atoms with E-state index in [1.165, 1.54) is 42.4 Å². The van der Waals surface area contributed by atoms with Gasteiger partial charge in [0.25, 0.3) is 0 Å². The third-order valence-electron chi connectivity index (χ3n) is 5.89. The van der Waals surface area contributed by atoms with Crippen LogP contribution in [0.2, 0.25) is 0 Å². The maximum absolute atomic E-state index is 4.07. The SMILES string of the molecule is C=C(C)C1CCC(C(C)(C)C)CC1.C=C(C)c1ccc(C(C)(C)C)cc1. The minimum atomic E-state index is 0.244. The number of hydrogen-bond donors (Lipinski definition) is 0. The van der Waals surface area contributed by atoms with E-state index in [1.807, 2.05) is 6.92 Å². The van der Waals surface area contributed by atoms with E-state index in [0.717, 1.165) is 17.4 Å². The van der Waals surface area contributed by atoms with Gasteiger partial charge in [0, 0.05) is 0 Å². The molecule has 0 saturated heterocycles. The maximum atomic E-state index is 4.07. The van der Waals surface area contributed by atoms with E-state index in [4.69, 9.17) is 0 Å². The van der Waals surface area contributed by atoms with Gasteiger partial charge in [-0.2, -0.15) is 0 Å². The van der Waals surface area contributed by atoms with Crippen LogP contribution >= 0.6 is 0 Å². The van der Waals surface area contributed by atoms with Crippen molar-refractivity contribution in [3.63, 3.8) is 0 Å². The minimum absolute atomic E-state index is 0.244. The topological polar surface area (TPSA) is 0 Å². The van der Waals surface area contributed by atoms with Crippen molar-refractivity contribution in [2.24, 2.45) is 17.3 Å². The summed E-state index contributed by atoms with van der Waals surface area (Å²) in [5, 5.41) is 0. The van der Waals surface area contributed by atoms with Gasteiger partial charge in [-0.05, 0) is 73.3 Å². The van der Waals surface area contributed by atoms with E-state index in [1.54, 1.807) is 0 Å². The van der Waals surface area contributed by atoms with Crippen LogP contribution in [0.5, 0.6) is 0 Å². The summed E-state index contributed by atoms with van der Waals surface area (Å²) in [6.07, 6.45) is 5.55. The molecule has 1 aromatic carbocycles. The molecular formula is C26H42. The molecule has 1 saturated carbocycles. The van der Waals surface area contributed by atoms with Crippen LogP contribution in [0.25, 0.3) is 5.57 Å². The molecule has 1 fully saturated rings. The van der Waals surface area contributed by atoms with Crippen molar-refractivity contribution in [1.82, 2.24) is 0 Å². The highest BCUT2D eigenvalue weighted by atomic mass is 14.3. The molecule has 0 aromatic heterocycles. The van der Waals surface area contributed by atoms with E-state index in [2.05, 4.69) is 85.9 Å². The Morgan fingerprint density at radius 3 is 1.58 bits per heavy atom. The fourth-order valence-corrected chi connectivity index (χ4v) is 3.71. The van der Waals surface area contributed by atoms with Crippen molar-refractivity contribution < 1.29 is 0 Å². The summed E-state index contributed by atoms with van der Waals surface area (Å²) in [5.74, 6) is 1.75. The monoisotopic (exact) mass is 354 g/mol. The van der Waals surface area contributed by atoms with E-state index >= 15 is 0 Å². The molecule has 0 heteroatoms. The molecule has 0 aliphatic heterocycles. The Morgan fingerprint density at radius 1 is 0.808 bits per heavy atom. The van der Waals surface area contributed by atoms with Crippen molar-refractivity contribution in [3.05, 3.63) is 54.1 Å². The maximum Gasteiger partial charge on any atom is -0.0132 e. The molecule has 0 amide bonds. The van der Waals surface area contributed by atoms with Crippen LogP contribution in [0.3, 0.4) is 0 Å². The highest BCUT2D eigenvalue weighted by Gasteiger charge is 2.29. The average Bonchev–Trinajstić information content (AvgIpc) is 2.54. The lowest BCUT2D eigenvalue weighted by Crippen LogP contribution is -2.26. The van der Waals surface area contributed by atoms with Crippen LogP contribution in [0.15, 0.2) is 43.0 Å². The Kier molecular flexibility index (Phi) is 7.93. The molecule has 1 aromatic rings. The molecule has 0 heterocycles. The summed E-state index contributed by atoms with van der Waals surface area (Å²) in [7, 11) is 0. The molecule has 0 N–H and O–H groups in total. The van der Waals surface area contributed by atoms with Crippen LogP contribution < -0.4 is 0 Å². The van der Waals surface area contributed by atoms with Gasteiger partial charge >= 0.3 is 0 Å². The Hall–Kier alpha value is -1.30. The first-order chi connectivity index (χ1) is 11.8. The quantitative estimate of drug-likeness (QED) is 0.467. The first kappa shape index (κ1) is 22.7. The molecule has 0 bridgehead atoms. The Labute approximate surface area is 163 Å². The lowest BCUT2D eigenvalue weighted by atomic mass is 9.69. The van der Waals surface area contributed by atoms with Crippen LogP contribution in [0.4, 0.5) is 0 Å². The Bertz CT molecular complexity index is 578. The fourth-order valence-electron chi connectivity index (χ4n) is 3.71. The van der Waals surface area contributed by atoms with Gasteiger partial charge in [0.15, 0.2) is 0 Å². The predicted octanol–water partition coefficient (Wildman–Crippen LogP) is 8.43. The highest BCUT2D eigenvalue weighted by Crippen LogP contribution is 2.41. The summed E-state index contributed by atoms with van der Waals surface area (Å²) in [4.78, 5) is 0. The first-order valence-corrected chi connectivity index (χ1v) is 10.2. The van der Waals surface area contributed by atoms with Crippen LogP contribution in [-0.4, -0.2) is 0 Å². The molecule has 0 unspecified atom stereocenters.